The van der Waals surface area contributed by atoms with Crippen LogP contribution in [0, 0.1) is 11.3 Å². The zero-order chi connectivity index (χ0) is 13.7. The van der Waals surface area contributed by atoms with Crippen molar-refractivity contribution in [2.24, 2.45) is 0 Å². The van der Waals surface area contributed by atoms with E-state index in [-0.39, 0.29) is 0 Å². The zero-order valence-electron chi connectivity index (χ0n) is 11.0. The monoisotopic (exact) mass is 257 g/mol. The van der Waals surface area contributed by atoms with Gasteiger partial charge in [0.05, 0.1) is 20.3 Å². The van der Waals surface area contributed by atoms with Crippen molar-refractivity contribution in [3.05, 3.63) is 42.0 Å². The van der Waals surface area contributed by atoms with E-state index < -0.39 is 0 Å². The van der Waals surface area contributed by atoms with Crippen molar-refractivity contribution < 1.29 is 9.47 Å². The Morgan fingerprint density at radius 1 is 1.26 bits per heavy atom. The van der Waals surface area contributed by atoms with Gasteiger partial charge in [-0.05, 0) is 17.7 Å². The van der Waals surface area contributed by atoms with Gasteiger partial charge in [0.25, 0.3) is 0 Å². The third-order valence-corrected chi connectivity index (χ3v) is 2.85. The van der Waals surface area contributed by atoms with Crippen molar-refractivity contribution in [1.82, 2.24) is 9.55 Å². The minimum atomic E-state index is 0.308. The van der Waals surface area contributed by atoms with E-state index in [4.69, 9.17) is 14.7 Å². The zero-order valence-corrected chi connectivity index (χ0v) is 11.0. The lowest BCUT2D eigenvalue weighted by molar-refractivity contribution is 0.354. The van der Waals surface area contributed by atoms with E-state index in [2.05, 4.69) is 11.1 Å². The molecule has 0 aliphatic heterocycles. The second-order valence-electron chi connectivity index (χ2n) is 4.00. The highest BCUT2D eigenvalue weighted by molar-refractivity contribution is 5.43. The number of benzene rings is 1. The highest BCUT2D eigenvalue weighted by Gasteiger charge is 2.08. The fourth-order valence-corrected chi connectivity index (χ4v) is 1.90. The maximum Gasteiger partial charge on any atom is 0.161 e. The molecule has 0 spiro atoms. The lowest BCUT2D eigenvalue weighted by Gasteiger charge is -2.09. The lowest BCUT2D eigenvalue weighted by atomic mass is 10.1. The lowest BCUT2D eigenvalue weighted by Crippen LogP contribution is -2.03. The van der Waals surface area contributed by atoms with Crippen molar-refractivity contribution >= 4 is 0 Å². The first kappa shape index (κ1) is 13.0. The van der Waals surface area contributed by atoms with Crippen LogP contribution < -0.4 is 9.47 Å². The van der Waals surface area contributed by atoms with Gasteiger partial charge in [-0.25, -0.2) is 4.98 Å². The van der Waals surface area contributed by atoms with Crippen molar-refractivity contribution in [3.63, 3.8) is 0 Å². The first-order valence-electron chi connectivity index (χ1n) is 5.86. The third-order valence-electron chi connectivity index (χ3n) is 2.85. The van der Waals surface area contributed by atoms with Crippen LogP contribution in [0.3, 0.4) is 0 Å². The van der Waals surface area contributed by atoms with Crippen LogP contribution >= 0.6 is 0 Å². The molecule has 1 aromatic heterocycles. The fraction of sp³-hybridized carbons (Fsp3) is 0.286. The molecule has 0 aliphatic carbocycles. The Labute approximate surface area is 112 Å². The smallest absolute Gasteiger partial charge is 0.161 e. The summed E-state index contributed by atoms with van der Waals surface area (Å²) < 4.78 is 12.3. The van der Waals surface area contributed by atoms with Crippen molar-refractivity contribution in [2.75, 3.05) is 14.2 Å². The van der Waals surface area contributed by atoms with Crippen molar-refractivity contribution in [3.8, 4) is 17.6 Å². The SMILES string of the molecule is COc1ccc(Cc2nccn2CC#N)cc1OC. The Balaban J connectivity index is 2.23. The summed E-state index contributed by atoms with van der Waals surface area (Å²) >= 11 is 0. The molecule has 0 unspecified atom stereocenters. The van der Waals surface area contributed by atoms with E-state index in [1.54, 1.807) is 26.6 Å². The maximum atomic E-state index is 8.74. The molecule has 5 nitrogen and oxygen atoms in total. The van der Waals surface area contributed by atoms with E-state index in [1.165, 1.54) is 0 Å². The number of hydrogen-bond donors (Lipinski definition) is 0. The number of methoxy groups -OCH3 is 2. The van der Waals surface area contributed by atoms with Crippen LogP contribution in [0.1, 0.15) is 11.4 Å². The highest BCUT2D eigenvalue weighted by atomic mass is 16.5. The molecule has 0 amide bonds. The second-order valence-corrected chi connectivity index (χ2v) is 4.00. The van der Waals surface area contributed by atoms with Gasteiger partial charge in [0.2, 0.25) is 0 Å². The van der Waals surface area contributed by atoms with Crippen LogP contribution in [-0.2, 0) is 13.0 Å². The molecule has 98 valence electrons. The normalized spacial score (nSPS) is 9.95. The Hall–Kier alpha value is -2.48. The summed E-state index contributed by atoms with van der Waals surface area (Å²) in [5, 5.41) is 8.74. The Morgan fingerprint density at radius 2 is 2.05 bits per heavy atom. The summed E-state index contributed by atoms with van der Waals surface area (Å²) in [7, 11) is 3.22. The Kier molecular flexibility index (Phi) is 4.04. The molecular weight excluding hydrogens is 242 g/mol. The number of ether oxygens (including phenoxy) is 2. The largest absolute Gasteiger partial charge is 0.493 e. The summed E-state index contributed by atoms with van der Waals surface area (Å²) in [6.45, 7) is 0.308. The van der Waals surface area contributed by atoms with Crippen LogP contribution in [0.4, 0.5) is 0 Å². The minimum absolute atomic E-state index is 0.308. The summed E-state index contributed by atoms with van der Waals surface area (Å²) in [6, 6.07) is 7.87. The summed E-state index contributed by atoms with van der Waals surface area (Å²) in [4.78, 5) is 4.27. The molecule has 0 N–H and O–H groups in total. The fourth-order valence-electron chi connectivity index (χ4n) is 1.90. The molecule has 0 saturated carbocycles. The molecule has 19 heavy (non-hydrogen) atoms. The number of imidazole rings is 1. The van der Waals surface area contributed by atoms with Crippen molar-refractivity contribution in [2.45, 2.75) is 13.0 Å². The number of nitrogens with zero attached hydrogens (tertiary/aromatic N) is 3. The number of hydrogen-bond acceptors (Lipinski definition) is 4. The van der Waals surface area contributed by atoms with Crippen LogP contribution in [0.15, 0.2) is 30.6 Å². The van der Waals surface area contributed by atoms with Gasteiger partial charge in [-0.2, -0.15) is 5.26 Å². The van der Waals surface area contributed by atoms with Crippen LogP contribution in [-0.4, -0.2) is 23.8 Å². The van der Waals surface area contributed by atoms with Crippen LogP contribution in [0.5, 0.6) is 11.5 Å². The van der Waals surface area contributed by atoms with Gasteiger partial charge >= 0.3 is 0 Å². The predicted octanol–water partition coefficient (Wildman–Crippen LogP) is 2.01. The van der Waals surface area contributed by atoms with Crippen LogP contribution in [0.25, 0.3) is 0 Å². The molecule has 2 aromatic rings. The molecule has 1 aromatic carbocycles. The number of rotatable bonds is 5. The Bertz CT molecular complexity index is 599. The first-order valence-corrected chi connectivity index (χ1v) is 5.86. The standard InChI is InChI=1S/C14H15N3O2/c1-18-12-4-3-11(9-13(12)19-2)10-14-16-6-8-17(14)7-5-15/h3-4,6,8-9H,7,10H2,1-2H3. The second kappa shape index (κ2) is 5.91. The molecule has 0 bridgehead atoms. The highest BCUT2D eigenvalue weighted by Crippen LogP contribution is 2.28. The van der Waals surface area contributed by atoms with E-state index in [0.717, 1.165) is 11.4 Å². The summed E-state index contributed by atoms with van der Waals surface area (Å²) in [5.41, 5.74) is 1.06. The number of aromatic nitrogens is 2. The van der Waals surface area contributed by atoms with Gasteiger partial charge in [0.15, 0.2) is 11.5 Å². The third kappa shape index (κ3) is 2.86. The molecule has 0 atom stereocenters. The topological polar surface area (TPSA) is 60.1 Å². The van der Waals surface area contributed by atoms with E-state index in [9.17, 15) is 0 Å². The maximum absolute atomic E-state index is 8.74. The van der Waals surface area contributed by atoms with Gasteiger partial charge in [0, 0.05) is 18.8 Å². The molecular formula is C14H15N3O2. The molecule has 0 radical (unpaired) electrons. The van der Waals surface area contributed by atoms with E-state index in [1.807, 2.05) is 22.8 Å². The van der Waals surface area contributed by atoms with Gasteiger partial charge in [0.1, 0.15) is 12.4 Å². The average molecular weight is 257 g/mol. The van der Waals surface area contributed by atoms with Gasteiger partial charge in [-0.3, -0.25) is 0 Å². The molecule has 5 heteroatoms. The minimum Gasteiger partial charge on any atom is -0.493 e. The van der Waals surface area contributed by atoms with Gasteiger partial charge < -0.3 is 14.0 Å². The van der Waals surface area contributed by atoms with Gasteiger partial charge in [-0.1, -0.05) is 6.07 Å². The van der Waals surface area contributed by atoms with Crippen molar-refractivity contribution in [1.29, 1.82) is 5.26 Å². The molecule has 0 saturated heterocycles. The van der Waals surface area contributed by atoms with Gasteiger partial charge in [-0.15, -0.1) is 0 Å². The molecule has 0 aliphatic rings. The summed E-state index contributed by atoms with van der Waals surface area (Å²) in [5.74, 6) is 2.25. The van der Waals surface area contributed by atoms with E-state index in [0.29, 0.717) is 24.5 Å². The summed E-state index contributed by atoms with van der Waals surface area (Å²) in [6.07, 6.45) is 4.15. The first-order chi connectivity index (χ1) is 9.28. The predicted molar refractivity (Wildman–Crippen MR) is 70.2 cm³/mol. The quantitative estimate of drug-likeness (QED) is 0.822. The Morgan fingerprint density at radius 3 is 2.74 bits per heavy atom. The average Bonchev–Trinajstić information content (AvgIpc) is 2.86. The van der Waals surface area contributed by atoms with Crippen LogP contribution in [0.2, 0.25) is 0 Å². The van der Waals surface area contributed by atoms with E-state index >= 15 is 0 Å². The molecule has 0 fully saturated rings. The molecule has 2 rings (SSSR count). The number of nitriles is 1. The molecule has 1 heterocycles.